The number of nitrogens with zero attached hydrogens (tertiary/aromatic N) is 1. The van der Waals surface area contributed by atoms with Crippen molar-refractivity contribution in [2.75, 3.05) is 19.8 Å². The van der Waals surface area contributed by atoms with Gasteiger partial charge < -0.3 is 14.8 Å². The standard InChI is InChI=1S/C17H21ClN2O5/c1-3-17(4-2)15(22)20(16(23)19-17)11-14(21)25-10-9-24-13-7-5-12(18)6-8-13/h5-8H,3-4,9-11H2,1-2H3,(H,19,23). The van der Waals surface area contributed by atoms with E-state index < -0.39 is 30.0 Å². The molecular formula is C17H21ClN2O5. The molecule has 25 heavy (non-hydrogen) atoms. The Morgan fingerprint density at radius 2 is 1.80 bits per heavy atom. The summed E-state index contributed by atoms with van der Waals surface area (Å²) in [5.74, 6) is -0.451. The molecule has 1 aromatic rings. The first kappa shape index (κ1) is 19.1. The van der Waals surface area contributed by atoms with Crippen molar-refractivity contribution >= 4 is 29.5 Å². The molecular weight excluding hydrogens is 348 g/mol. The minimum atomic E-state index is -0.922. The number of amides is 3. The summed E-state index contributed by atoms with van der Waals surface area (Å²) in [6.45, 7) is 3.39. The second-order valence-electron chi connectivity index (χ2n) is 5.63. The molecule has 0 atom stereocenters. The van der Waals surface area contributed by atoms with Gasteiger partial charge in [-0.2, -0.15) is 0 Å². The van der Waals surface area contributed by atoms with Gasteiger partial charge in [0.1, 0.15) is 31.0 Å². The van der Waals surface area contributed by atoms with Gasteiger partial charge in [-0.3, -0.25) is 14.5 Å². The fourth-order valence-electron chi connectivity index (χ4n) is 2.57. The number of rotatable bonds is 8. The maximum Gasteiger partial charge on any atom is 0.326 e. The molecule has 1 N–H and O–H groups in total. The number of urea groups is 1. The van der Waals surface area contributed by atoms with Gasteiger partial charge >= 0.3 is 12.0 Å². The van der Waals surface area contributed by atoms with Gasteiger partial charge in [-0.15, -0.1) is 0 Å². The van der Waals surface area contributed by atoms with Crippen LogP contribution >= 0.6 is 11.6 Å². The Hall–Kier alpha value is -2.28. The Kier molecular flexibility index (Phi) is 6.25. The van der Waals surface area contributed by atoms with Crippen molar-refractivity contribution in [3.8, 4) is 5.75 Å². The lowest BCUT2D eigenvalue weighted by molar-refractivity contribution is -0.148. The molecule has 136 valence electrons. The van der Waals surface area contributed by atoms with Crippen LogP contribution in [0.2, 0.25) is 5.02 Å². The van der Waals surface area contributed by atoms with Gasteiger partial charge in [0, 0.05) is 5.02 Å². The van der Waals surface area contributed by atoms with E-state index in [9.17, 15) is 14.4 Å². The smallest absolute Gasteiger partial charge is 0.326 e. The predicted molar refractivity (Wildman–Crippen MR) is 91.5 cm³/mol. The number of halogens is 1. The Morgan fingerprint density at radius 3 is 2.36 bits per heavy atom. The normalized spacial score (nSPS) is 15.9. The molecule has 0 bridgehead atoms. The zero-order valence-corrected chi connectivity index (χ0v) is 15.0. The van der Waals surface area contributed by atoms with Crippen LogP contribution in [0, 0.1) is 0 Å². The van der Waals surface area contributed by atoms with E-state index in [1.165, 1.54) is 0 Å². The Morgan fingerprint density at radius 1 is 1.16 bits per heavy atom. The number of imide groups is 1. The number of carbonyl (C=O) groups excluding carboxylic acids is 3. The highest BCUT2D eigenvalue weighted by Crippen LogP contribution is 2.24. The molecule has 8 heteroatoms. The van der Waals surface area contributed by atoms with Gasteiger partial charge in [0.2, 0.25) is 0 Å². The van der Waals surface area contributed by atoms with Gasteiger partial charge in [-0.25, -0.2) is 4.79 Å². The molecule has 2 rings (SSSR count). The van der Waals surface area contributed by atoms with Crippen LogP contribution in [-0.4, -0.2) is 48.1 Å². The summed E-state index contributed by atoms with van der Waals surface area (Å²) in [4.78, 5) is 37.1. The molecule has 0 radical (unpaired) electrons. The number of carbonyl (C=O) groups is 3. The molecule has 0 saturated carbocycles. The van der Waals surface area contributed by atoms with Gasteiger partial charge in [0.05, 0.1) is 0 Å². The van der Waals surface area contributed by atoms with Crippen molar-refractivity contribution in [3.05, 3.63) is 29.3 Å². The van der Waals surface area contributed by atoms with E-state index in [0.717, 1.165) is 4.90 Å². The summed E-state index contributed by atoms with van der Waals surface area (Å²) in [6, 6.07) is 6.21. The van der Waals surface area contributed by atoms with Crippen LogP contribution in [0.5, 0.6) is 5.75 Å². The molecule has 0 aromatic heterocycles. The summed E-state index contributed by atoms with van der Waals surface area (Å²) < 4.78 is 10.4. The van der Waals surface area contributed by atoms with Crippen LogP contribution in [0.1, 0.15) is 26.7 Å². The van der Waals surface area contributed by atoms with E-state index in [4.69, 9.17) is 21.1 Å². The molecule has 0 spiro atoms. The van der Waals surface area contributed by atoms with Crippen LogP contribution in [0.4, 0.5) is 4.79 Å². The van der Waals surface area contributed by atoms with E-state index >= 15 is 0 Å². The van der Waals surface area contributed by atoms with E-state index in [-0.39, 0.29) is 13.2 Å². The number of hydrogen-bond donors (Lipinski definition) is 1. The highest BCUT2D eigenvalue weighted by atomic mass is 35.5. The lowest BCUT2D eigenvalue weighted by Crippen LogP contribution is -2.46. The van der Waals surface area contributed by atoms with Crippen LogP contribution in [0.3, 0.4) is 0 Å². The van der Waals surface area contributed by atoms with Gasteiger partial charge in [0.25, 0.3) is 5.91 Å². The summed E-state index contributed by atoms with van der Waals surface area (Å²) in [5, 5.41) is 3.26. The van der Waals surface area contributed by atoms with Crippen molar-refractivity contribution in [2.24, 2.45) is 0 Å². The summed E-state index contributed by atoms with van der Waals surface area (Å²) in [5.41, 5.74) is -0.922. The molecule has 0 unspecified atom stereocenters. The Bertz CT molecular complexity index is 643. The molecule has 1 heterocycles. The minimum Gasteiger partial charge on any atom is -0.490 e. The van der Waals surface area contributed by atoms with Crippen molar-refractivity contribution in [1.29, 1.82) is 0 Å². The molecule has 0 aliphatic carbocycles. The molecule has 3 amide bonds. The van der Waals surface area contributed by atoms with E-state index in [1.54, 1.807) is 24.3 Å². The van der Waals surface area contributed by atoms with Gasteiger partial charge in [0.15, 0.2) is 0 Å². The monoisotopic (exact) mass is 368 g/mol. The van der Waals surface area contributed by atoms with Crippen LogP contribution in [0.25, 0.3) is 0 Å². The predicted octanol–water partition coefficient (Wildman–Crippen LogP) is 2.37. The molecule has 1 aliphatic heterocycles. The molecule has 1 fully saturated rings. The van der Waals surface area contributed by atoms with E-state index in [0.29, 0.717) is 23.6 Å². The summed E-state index contributed by atoms with van der Waals surface area (Å²) in [6.07, 6.45) is 0.934. The third-order valence-corrected chi connectivity index (χ3v) is 4.42. The summed E-state index contributed by atoms with van der Waals surface area (Å²) >= 11 is 5.77. The first-order chi connectivity index (χ1) is 11.9. The molecule has 1 aromatic carbocycles. The maximum atomic E-state index is 12.4. The van der Waals surface area contributed by atoms with Crippen LogP contribution < -0.4 is 10.1 Å². The lowest BCUT2D eigenvalue weighted by Gasteiger charge is -2.22. The topological polar surface area (TPSA) is 84.9 Å². The zero-order valence-electron chi connectivity index (χ0n) is 14.2. The van der Waals surface area contributed by atoms with Crippen molar-refractivity contribution in [2.45, 2.75) is 32.2 Å². The van der Waals surface area contributed by atoms with Gasteiger partial charge in [-0.05, 0) is 37.1 Å². The largest absolute Gasteiger partial charge is 0.490 e. The SMILES string of the molecule is CCC1(CC)NC(=O)N(CC(=O)OCCOc2ccc(Cl)cc2)C1=O. The lowest BCUT2D eigenvalue weighted by atomic mass is 9.93. The number of nitrogens with one attached hydrogen (secondary N) is 1. The minimum absolute atomic E-state index is 0.0117. The van der Waals surface area contributed by atoms with Crippen LogP contribution in [-0.2, 0) is 14.3 Å². The maximum absolute atomic E-state index is 12.4. The van der Waals surface area contributed by atoms with Crippen molar-refractivity contribution in [1.82, 2.24) is 10.2 Å². The number of hydrogen-bond acceptors (Lipinski definition) is 5. The third-order valence-electron chi connectivity index (χ3n) is 4.17. The average molecular weight is 369 g/mol. The van der Waals surface area contributed by atoms with E-state index in [2.05, 4.69) is 5.32 Å². The van der Waals surface area contributed by atoms with Crippen molar-refractivity contribution in [3.63, 3.8) is 0 Å². The summed E-state index contributed by atoms with van der Waals surface area (Å²) in [7, 11) is 0. The van der Waals surface area contributed by atoms with Crippen LogP contribution in [0.15, 0.2) is 24.3 Å². The second kappa shape index (κ2) is 8.20. The highest BCUT2D eigenvalue weighted by molar-refractivity contribution is 6.30. The fraction of sp³-hybridized carbons (Fsp3) is 0.471. The number of ether oxygens (including phenoxy) is 2. The molecule has 1 saturated heterocycles. The van der Waals surface area contributed by atoms with Gasteiger partial charge in [-0.1, -0.05) is 25.4 Å². The van der Waals surface area contributed by atoms with Crippen molar-refractivity contribution < 1.29 is 23.9 Å². The zero-order chi connectivity index (χ0) is 18.4. The Balaban J connectivity index is 1.77. The third kappa shape index (κ3) is 4.42. The quantitative estimate of drug-likeness (QED) is 0.432. The highest BCUT2D eigenvalue weighted by Gasteiger charge is 2.49. The Labute approximate surface area is 151 Å². The molecule has 1 aliphatic rings. The van der Waals surface area contributed by atoms with E-state index in [1.807, 2.05) is 13.8 Å². The number of esters is 1. The first-order valence-electron chi connectivity index (χ1n) is 8.10. The fourth-order valence-corrected chi connectivity index (χ4v) is 2.70. The average Bonchev–Trinajstić information content (AvgIpc) is 2.85. The second-order valence-corrected chi connectivity index (χ2v) is 6.07. The number of benzene rings is 1. The first-order valence-corrected chi connectivity index (χ1v) is 8.47. The molecule has 7 nitrogen and oxygen atoms in total.